The van der Waals surface area contributed by atoms with Gasteiger partial charge in [-0.05, 0) is 23.8 Å². The maximum Gasteiger partial charge on any atom is 0.240 e. The number of nitrogens with one attached hydrogen (secondary N) is 2. The van der Waals surface area contributed by atoms with Crippen molar-refractivity contribution >= 4 is 21.6 Å². The average Bonchev–Trinajstić information content (AvgIpc) is 3.06. The number of nitrogens with zero attached hydrogens (tertiary/aromatic N) is 3. The lowest BCUT2D eigenvalue weighted by Crippen LogP contribution is -2.24. The van der Waals surface area contributed by atoms with Crippen LogP contribution in [0.2, 0.25) is 0 Å². The molecule has 2 aromatic rings. The molecule has 0 aliphatic carbocycles. The highest BCUT2D eigenvalue weighted by atomic mass is 32.2. The van der Waals surface area contributed by atoms with Crippen LogP contribution in [0, 0.1) is 0 Å². The van der Waals surface area contributed by atoms with E-state index < -0.39 is 10.0 Å². The summed E-state index contributed by atoms with van der Waals surface area (Å²) >= 11 is 0. The summed E-state index contributed by atoms with van der Waals surface area (Å²) in [6.45, 7) is 0.0260. The van der Waals surface area contributed by atoms with E-state index in [-0.39, 0.29) is 23.8 Å². The lowest BCUT2D eigenvalue weighted by Gasteiger charge is -2.11. The molecule has 2 heterocycles. The Hall–Kier alpha value is -2.26. The molecule has 21 heavy (non-hydrogen) atoms. The van der Waals surface area contributed by atoms with Crippen molar-refractivity contribution in [3.05, 3.63) is 35.9 Å². The Balaban J connectivity index is 1.83. The molecule has 1 aromatic carbocycles. The van der Waals surface area contributed by atoms with Crippen LogP contribution < -0.4 is 9.62 Å². The zero-order valence-corrected chi connectivity index (χ0v) is 12.0. The maximum atomic E-state index is 12.2. The molecule has 8 nitrogen and oxygen atoms in total. The molecule has 1 aliphatic rings. The smallest absolute Gasteiger partial charge is 0.240 e. The summed E-state index contributed by atoms with van der Waals surface area (Å²) < 4.78 is 26.9. The average molecular weight is 307 g/mol. The summed E-state index contributed by atoms with van der Waals surface area (Å²) in [6.07, 6.45) is 1.53. The van der Waals surface area contributed by atoms with Gasteiger partial charge in [0.05, 0.1) is 17.9 Å². The molecule has 0 atom stereocenters. The van der Waals surface area contributed by atoms with E-state index >= 15 is 0 Å². The molecule has 1 amide bonds. The maximum absolute atomic E-state index is 12.2. The lowest BCUT2D eigenvalue weighted by molar-refractivity contribution is -0.117. The second-order valence-electron chi connectivity index (χ2n) is 4.68. The third-order valence-electron chi connectivity index (χ3n) is 3.33. The van der Waals surface area contributed by atoms with Crippen LogP contribution in [0.1, 0.15) is 11.4 Å². The van der Waals surface area contributed by atoms with Crippen LogP contribution in [0.5, 0.6) is 0 Å². The number of hydrogen-bond donors (Lipinski definition) is 2. The Morgan fingerprint density at radius 2 is 2.24 bits per heavy atom. The van der Waals surface area contributed by atoms with Crippen LogP contribution in [0.3, 0.4) is 0 Å². The standard InChI is InChI=1S/C12H13N5O3S/c1-17-10-3-2-9(4-8(10)5-12(17)18)21(19,20)15-6-11-13-7-14-16-11/h2-4,7,15H,5-6H2,1H3,(H,13,14,16). The Morgan fingerprint density at radius 3 is 2.95 bits per heavy atom. The van der Waals surface area contributed by atoms with E-state index in [1.807, 2.05) is 0 Å². The highest BCUT2D eigenvalue weighted by Crippen LogP contribution is 2.29. The summed E-state index contributed by atoms with van der Waals surface area (Å²) in [4.78, 5) is 17.1. The Bertz CT molecular complexity index is 785. The van der Waals surface area contributed by atoms with Crippen LogP contribution in [-0.4, -0.2) is 36.6 Å². The molecule has 0 bridgehead atoms. The fourth-order valence-corrected chi connectivity index (χ4v) is 3.21. The number of benzene rings is 1. The number of likely N-dealkylation sites (N-methyl/N-ethyl adjacent to an activating group) is 1. The predicted molar refractivity (Wildman–Crippen MR) is 74.0 cm³/mol. The van der Waals surface area contributed by atoms with Crippen molar-refractivity contribution in [1.82, 2.24) is 19.9 Å². The highest BCUT2D eigenvalue weighted by Gasteiger charge is 2.26. The summed E-state index contributed by atoms with van der Waals surface area (Å²) in [7, 11) is -1.99. The topological polar surface area (TPSA) is 108 Å². The molecule has 2 N–H and O–H groups in total. The third kappa shape index (κ3) is 2.52. The first kappa shape index (κ1) is 13.7. The van der Waals surface area contributed by atoms with Gasteiger partial charge in [-0.2, -0.15) is 5.10 Å². The summed E-state index contributed by atoms with van der Waals surface area (Å²) in [6, 6.07) is 4.65. The van der Waals surface area contributed by atoms with Crippen molar-refractivity contribution in [1.29, 1.82) is 0 Å². The summed E-state index contributed by atoms with van der Waals surface area (Å²) in [5, 5.41) is 6.22. The van der Waals surface area contributed by atoms with Crippen LogP contribution in [0.4, 0.5) is 5.69 Å². The van der Waals surface area contributed by atoms with Crippen molar-refractivity contribution in [2.45, 2.75) is 17.9 Å². The van der Waals surface area contributed by atoms with Gasteiger partial charge in [-0.25, -0.2) is 18.1 Å². The zero-order chi connectivity index (χ0) is 15.0. The van der Waals surface area contributed by atoms with Gasteiger partial charge >= 0.3 is 0 Å². The number of sulfonamides is 1. The minimum atomic E-state index is -3.66. The fourth-order valence-electron chi connectivity index (χ4n) is 2.18. The van der Waals surface area contributed by atoms with Gasteiger partial charge in [0.15, 0.2) is 0 Å². The van der Waals surface area contributed by atoms with E-state index in [0.717, 1.165) is 5.69 Å². The molecule has 0 saturated heterocycles. The molecule has 0 saturated carbocycles. The molecule has 0 fully saturated rings. The van der Waals surface area contributed by atoms with Gasteiger partial charge in [0, 0.05) is 12.7 Å². The van der Waals surface area contributed by atoms with Gasteiger partial charge < -0.3 is 4.90 Å². The van der Waals surface area contributed by atoms with Gasteiger partial charge in [-0.1, -0.05) is 0 Å². The normalized spacial score (nSPS) is 14.5. The number of anilines is 1. The molecule has 0 spiro atoms. The van der Waals surface area contributed by atoms with Gasteiger partial charge in [0.25, 0.3) is 0 Å². The second kappa shape index (κ2) is 4.93. The van der Waals surface area contributed by atoms with Crippen LogP contribution in [0.15, 0.2) is 29.4 Å². The second-order valence-corrected chi connectivity index (χ2v) is 6.44. The van der Waals surface area contributed by atoms with E-state index in [9.17, 15) is 13.2 Å². The van der Waals surface area contributed by atoms with Crippen molar-refractivity contribution in [3.63, 3.8) is 0 Å². The minimum Gasteiger partial charge on any atom is -0.315 e. The number of hydrogen-bond acceptors (Lipinski definition) is 5. The number of aromatic nitrogens is 3. The van der Waals surface area contributed by atoms with E-state index in [0.29, 0.717) is 11.4 Å². The van der Waals surface area contributed by atoms with Crippen molar-refractivity contribution < 1.29 is 13.2 Å². The van der Waals surface area contributed by atoms with Gasteiger partial charge in [-0.15, -0.1) is 0 Å². The molecular weight excluding hydrogens is 294 g/mol. The van der Waals surface area contributed by atoms with E-state index in [1.54, 1.807) is 13.1 Å². The van der Waals surface area contributed by atoms with E-state index in [1.165, 1.54) is 23.4 Å². The van der Waals surface area contributed by atoms with Crippen molar-refractivity contribution in [3.8, 4) is 0 Å². The number of amides is 1. The first-order chi connectivity index (χ1) is 9.97. The molecule has 3 rings (SSSR count). The largest absolute Gasteiger partial charge is 0.315 e. The molecular formula is C12H13N5O3S. The zero-order valence-electron chi connectivity index (χ0n) is 11.2. The highest BCUT2D eigenvalue weighted by molar-refractivity contribution is 7.89. The molecule has 0 unspecified atom stereocenters. The lowest BCUT2D eigenvalue weighted by atomic mass is 10.2. The molecule has 0 radical (unpaired) electrons. The summed E-state index contributed by atoms with van der Waals surface area (Å²) in [5.41, 5.74) is 1.46. The number of rotatable bonds is 4. The Morgan fingerprint density at radius 1 is 1.43 bits per heavy atom. The van der Waals surface area contributed by atoms with Crippen LogP contribution >= 0.6 is 0 Å². The van der Waals surface area contributed by atoms with E-state index in [2.05, 4.69) is 19.9 Å². The number of aromatic amines is 1. The number of carbonyl (C=O) groups is 1. The number of carbonyl (C=O) groups excluding carboxylic acids is 1. The molecule has 1 aliphatic heterocycles. The Labute approximate surface area is 121 Å². The van der Waals surface area contributed by atoms with Gasteiger partial charge in [0.1, 0.15) is 12.2 Å². The van der Waals surface area contributed by atoms with Crippen LogP contribution in [-0.2, 0) is 27.8 Å². The van der Waals surface area contributed by atoms with Crippen LogP contribution in [0.25, 0.3) is 0 Å². The number of fused-ring (bicyclic) bond motifs is 1. The monoisotopic (exact) mass is 307 g/mol. The SMILES string of the molecule is CN1C(=O)Cc2cc(S(=O)(=O)NCc3ncn[nH]3)ccc21. The predicted octanol–water partition coefficient (Wildman–Crippen LogP) is -0.198. The third-order valence-corrected chi connectivity index (χ3v) is 4.73. The van der Waals surface area contributed by atoms with Gasteiger partial charge in [0.2, 0.25) is 15.9 Å². The van der Waals surface area contributed by atoms with E-state index in [4.69, 9.17) is 0 Å². The van der Waals surface area contributed by atoms with Crippen molar-refractivity contribution in [2.75, 3.05) is 11.9 Å². The number of H-pyrrole nitrogens is 1. The fraction of sp³-hybridized carbons (Fsp3) is 0.250. The molecule has 110 valence electrons. The Kier molecular flexibility index (Phi) is 3.22. The van der Waals surface area contributed by atoms with Gasteiger partial charge in [-0.3, -0.25) is 9.89 Å². The quantitative estimate of drug-likeness (QED) is 0.813. The summed E-state index contributed by atoms with van der Waals surface area (Å²) in [5.74, 6) is 0.379. The first-order valence-electron chi connectivity index (χ1n) is 6.21. The van der Waals surface area contributed by atoms with Crippen molar-refractivity contribution in [2.24, 2.45) is 0 Å². The molecule has 1 aromatic heterocycles. The molecule has 9 heteroatoms. The minimum absolute atomic E-state index is 0.0260. The first-order valence-corrected chi connectivity index (χ1v) is 7.69.